The molecule has 0 bridgehead atoms. The Morgan fingerprint density at radius 3 is 1.92 bits per heavy atom. The molecular weight excluding hydrogens is 648 g/mol. The highest BCUT2D eigenvalue weighted by Gasteiger charge is 2.24. The Hall–Kier alpha value is -4.86. The lowest BCUT2D eigenvalue weighted by atomic mass is 10.1. The predicted octanol–water partition coefficient (Wildman–Crippen LogP) is 10.4. The van der Waals surface area contributed by atoms with E-state index in [0.29, 0.717) is 13.2 Å². The minimum Gasteiger partial charge on any atom is -0.494 e. The molecule has 0 aliphatic heterocycles. The van der Waals surface area contributed by atoms with Crippen LogP contribution in [-0.4, -0.2) is 36.2 Å². The zero-order chi connectivity index (χ0) is 36.8. The average Bonchev–Trinajstić information content (AvgIpc) is 3.12. The van der Waals surface area contributed by atoms with Crippen molar-refractivity contribution in [2.24, 2.45) is 0 Å². The van der Waals surface area contributed by atoms with Gasteiger partial charge in [0.2, 0.25) is 0 Å². The maximum absolute atomic E-state index is 13.0. The number of carbonyl (C=O) groups is 2. The summed E-state index contributed by atoms with van der Waals surface area (Å²) in [5, 5.41) is 11.8. The second kappa shape index (κ2) is 22.8. The van der Waals surface area contributed by atoms with Crippen LogP contribution in [0.1, 0.15) is 114 Å². The number of hydrogen-bond donors (Lipinski definition) is 1. The van der Waals surface area contributed by atoms with E-state index >= 15 is 0 Å². The number of nitro benzene ring substituents is 1. The minimum absolute atomic E-state index is 0.0375. The lowest BCUT2D eigenvalue weighted by Gasteiger charge is -2.16. The molecule has 0 radical (unpaired) electrons. The van der Waals surface area contributed by atoms with Gasteiger partial charge in [-0.25, -0.2) is 9.59 Å². The van der Waals surface area contributed by atoms with Crippen LogP contribution >= 0.6 is 0 Å². The topological polar surface area (TPSA) is 140 Å². The number of nitrogens with two attached hydrogens (primary N) is 1. The number of esters is 2. The zero-order valence-corrected chi connectivity index (χ0v) is 30.2. The number of nitrogen functional groups attached to an aromatic ring is 1. The van der Waals surface area contributed by atoms with Crippen molar-refractivity contribution in [1.82, 2.24) is 0 Å². The number of hydrogen-bond acceptors (Lipinski definition) is 9. The smallest absolute Gasteiger partial charge is 0.345 e. The number of nitrogens with zero attached hydrogens (tertiary/aromatic N) is 1. The Balaban J connectivity index is 1.40. The molecule has 0 aliphatic carbocycles. The third kappa shape index (κ3) is 14.9. The molecule has 51 heavy (non-hydrogen) atoms. The van der Waals surface area contributed by atoms with Crippen molar-refractivity contribution in [2.45, 2.75) is 110 Å². The summed E-state index contributed by atoms with van der Waals surface area (Å²) < 4.78 is 22.3. The largest absolute Gasteiger partial charge is 0.494 e. The Bertz CT molecular complexity index is 1520. The van der Waals surface area contributed by atoms with Gasteiger partial charge >= 0.3 is 17.6 Å². The Morgan fingerprint density at radius 1 is 0.804 bits per heavy atom. The molecule has 1 atom stereocenters. The molecule has 10 nitrogen and oxygen atoms in total. The molecule has 0 amide bonds. The van der Waals surface area contributed by atoms with Gasteiger partial charge in [-0.1, -0.05) is 102 Å². The van der Waals surface area contributed by atoms with Crippen LogP contribution in [0.5, 0.6) is 17.2 Å². The molecule has 276 valence electrons. The normalized spacial score (nSPS) is 11.4. The lowest BCUT2D eigenvalue weighted by molar-refractivity contribution is -0.386. The second-order valence-corrected chi connectivity index (χ2v) is 12.8. The van der Waals surface area contributed by atoms with E-state index in [1.807, 2.05) is 43.3 Å². The van der Waals surface area contributed by atoms with Gasteiger partial charge in [-0.05, 0) is 68.0 Å². The lowest BCUT2D eigenvalue weighted by Crippen LogP contribution is -2.15. The summed E-state index contributed by atoms with van der Waals surface area (Å²) in [4.78, 5) is 35.2. The van der Waals surface area contributed by atoms with Crippen molar-refractivity contribution in [3.8, 4) is 28.4 Å². The van der Waals surface area contributed by atoms with E-state index in [4.69, 9.17) is 24.7 Å². The van der Waals surface area contributed by atoms with E-state index in [2.05, 4.69) is 13.5 Å². The minimum atomic E-state index is -0.790. The third-order valence-corrected chi connectivity index (χ3v) is 8.56. The van der Waals surface area contributed by atoms with Crippen LogP contribution in [0, 0.1) is 10.1 Å². The van der Waals surface area contributed by atoms with E-state index in [1.54, 1.807) is 12.1 Å². The highest BCUT2D eigenvalue weighted by Crippen LogP contribution is 2.34. The highest BCUT2D eigenvalue weighted by molar-refractivity contribution is 5.98. The molecule has 0 fully saturated rings. The van der Waals surface area contributed by atoms with E-state index in [-0.39, 0.29) is 40.5 Å². The molecule has 3 aromatic rings. The monoisotopic (exact) mass is 702 g/mol. The van der Waals surface area contributed by atoms with E-state index in [0.717, 1.165) is 87.2 Å². The zero-order valence-electron chi connectivity index (χ0n) is 30.2. The van der Waals surface area contributed by atoms with Gasteiger partial charge < -0.3 is 24.7 Å². The summed E-state index contributed by atoms with van der Waals surface area (Å²) in [7, 11) is 0. The first-order valence-corrected chi connectivity index (χ1v) is 18.3. The van der Waals surface area contributed by atoms with Crippen molar-refractivity contribution >= 4 is 23.3 Å². The molecule has 0 aliphatic rings. The number of nitro groups is 1. The fourth-order valence-electron chi connectivity index (χ4n) is 5.62. The molecule has 0 saturated carbocycles. The number of rotatable bonds is 25. The summed E-state index contributed by atoms with van der Waals surface area (Å²) in [6.07, 6.45) is 16.1. The molecule has 3 rings (SSSR count). The number of anilines is 1. The fourth-order valence-corrected chi connectivity index (χ4v) is 5.62. The molecule has 2 N–H and O–H groups in total. The first-order valence-electron chi connectivity index (χ1n) is 18.3. The van der Waals surface area contributed by atoms with E-state index < -0.39 is 10.9 Å². The molecule has 3 aromatic carbocycles. The van der Waals surface area contributed by atoms with Gasteiger partial charge in [0.05, 0.1) is 35.5 Å². The molecule has 10 heteroatoms. The Morgan fingerprint density at radius 2 is 1.35 bits per heavy atom. The van der Waals surface area contributed by atoms with Gasteiger partial charge in [-0.15, -0.1) is 0 Å². The highest BCUT2D eigenvalue weighted by atomic mass is 16.6. The molecule has 0 saturated heterocycles. The van der Waals surface area contributed by atoms with Crippen molar-refractivity contribution in [3.63, 3.8) is 0 Å². The quantitative estimate of drug-likeness (QED) is 0.0174. The average molecular weight is 703 g/mol. The van der Waals surface area contributed by atoms with Crippen molar-refractivity contribution in [1.29, 1.82) is 0 Å². The standard InChI is InChI=1S/C41H54N2O8/c1-4-6-7-15-18-31(3)50-39-30-37(42)36(29-38(39)43(46)47)41(45)51-35-25-21-33(22-26-35)32-19-23-34(24-20-32)48-27-16-13-11-9-8-10-12-14-17-28-49-40(44)5-2/h5,19-26,29-31H,2,4,6-18,27-28,42H2,1,3H3/t31-/m1/s1. The van der Waals surface area contributed by atoms with Gasteiger partial charge in [0.15, 0.2) is 5.75 Å². The number of ether oxygens (including phenoxy) is 4. The maximum atomic E-state index is 13.0. The van der Waals surface area contributed by atoms with Gasteiger partial charge in [0, 0.05) is 18.2 Å². The van der Waals surface area contributed by atoms with Gasteiger partial charge in [0.25, 0.3) is 0 Å². The van der Waals surface area contributed by atoms with E-state index in [9.17, 15) is 19.7 Å². The van der Waals surface area contributed by atoms with Crippen LogP contribution in [0.4, 0.5) is 11.4 Å². The summed E-state index contributed by atoms with van der Waals surface area (Å²) >= 11 is 0. The fraction of sp³-hybridized carbons (Fsp3) is 0.463. The second-order valence-electron chi connectivity index (χ2n) is 12.8. The molecular formula is C41H54N2O8. The summed E-state index contributed by atoms with van der Waals surface area (Å²) in [5.74, 6) is -0.00404. The summed E-state index contributed by atoms with van der Waals surface area (Å²) in [6, 6.07) is 17.3. The van der Waals surface area contributed by atoms with Crippen LogP contribution < -0.4 is 19.9 Å². The van der Waals surface area contributed by atoms with Crippen LogP contribution in [0.2, 0.25) is 0 Å². The Labute approximate surface area is 302 Å². The van der Waals surface area contributed by atoms with Crippen LogP contribution in [0.15, 0.2) is 73.3 Å². The molecule has 0 unspecified atom stereocenters. The maximum Gasteiger partial charge on any atom is 0.345 e. The predicted molar refractivity (Wildman–Crippen MR) is 201 cm³/mol. The molecule has 0 spiro atoms. The van der Waals surface area contributed by atoms with Crippen molar-refractivity contribution < 1.29 is 33.5 Å². The van der Waals surface area contributed by atoms with Gasteiger partial charge in [-0.3, -0.25) is 10.1 Å². The number of benzene rings is 3. The van der Waals surface area contributed by atoms with Crippen molar-refractivity contribution in [2.75, 3.05) is 18.9 Å². The number of carbonyl (C=O) groups excluding carboxylic acids is 2. The molecule has 0 heterocycles. The number of unbranched alkanes of at least 4 members (excludes halogenated alkanes) is 11. The summed E-state index contributed by atoms with van der Waals surface area (Å²) in [5.41, 5.74) is 7.66. The van der Waals surface area contributed by atoms with E-state index in [1.165, 1.54) is 37.8 Å². The first kappa shape index (κ1) is 40.6. The van der Waals surface area contributed by atoms with Crippen LogP contribution in [0.25, 0.3) is 11.1 Å². The van der Waals surface area contributed by atoms with Crippen molar-refractivity contribution in [3.05, 3.63) is 89.0 Å². The third-order valence-electron chi connectivity index (χ3n) is 8.56. The first-order chi connectivity index (χ1) is 24.7. The van der Waals surface area contributed by atoms with Crippen LogP contribution in [0.3, 0.4) is 0 Å². The van der Waals surface area contributed by atoms with Crippen LogP contribution in [-0.2, 0) is 9.53 Å². The molecule has 0 aromatic heterocycles. The summed E-state index contributed by atoms with van der Waals surface area (Å²) in [6.45, 7) is 8.54. The SMILES string of the molecule is C=CC(=O)OCCCCCCCCCCCOc1ccc(-c2ccc(OC(=O)c3cc([N+](=O)[O-])c(O[C@H](C)CCCCCC)cc3N)cc2)cc1. The van der Waals surface area contributed by atoms with Gasteiger partial charge in [0.1, 0.15) is 11.5 Å². The Kier molecular flexibility index (Phi) is 18.1. The van der Waals surface area contributed by atoms with Gasteiger partial charge in [-0.2, -0.15) is 0 Å².